The molecule has 0 spiro atoms. The second-order valence-corrected chi connectivity index (χ2v) is 5.73. The highest BCUT2D eigenvalue weighted by Gasteiger charge is 2.39. The Kier molecular flexibility index (Phi) is 4.48. The standard InChI is InChI=1S/C13H28/c1-8-10-13(7,11(3)9-2)12(4,5)6/h11H,8-10H2,1-7H3. The van der Waals surface area contributed by atoms with E-state index in [9.17, 15) is 0 Å². The Labute approximate surface area is 85.1 Å². The van der Waals surface area contributed by atoms with Gasteiger partial charge in [0.2, 0.25) is 0 Å². The third-order valence-corrected chi connectivity index (χ3v) is 4.18. The second-order valence-electron chi connectivity index (χ2n) is 5.73. The van der Waals surface area contributed by atoms with Crippen LogP contribution >= 0.6 is 0 Å². The van der Waals surface area contributed by atoms with Crippen molar-refractivity contribution in [3.63, 3.8) is 0 Å². The normalized spacial score (nSPS) is 19.6. The second kappa shape index (κ2) is 4.48. The van der Waals surface area contributed by atoms with Gasteiger partial charge in [-0.2, -0.15) is 0 Å². The largest absolute Gasteiger partial charge is 0.0654 e. The minimum Gasteiger partial charge on any atom is -0.0654 e. The lowest BCUT2D eigenvalue weighted by Gasteiger charge is -2.46. The molecule has 0 heteroatoms. The number of hydrogen-bond donors (Lipinski definition) is 0. The number of hydrogen-bond acceptors (Lipinski definition) is 0. The summed E-state index contributed by atoms with van der Waals surface area (Å²) in [6, 6.07) is 0. The first-order valence-electron chi connectivity index (χ1n) is 5.79. The van der Waals surface area contributed by atoms with Gasteiger partial charge in [-0.15, -0.1) is 0 Å². The zero-order valence-electron chi connectivity index (χ0n) is 10.7. The van der Waals surface area contributed by atoms with Gasteiger partial charge in [0.25, 0.3) is 0 Å². The fourth-order valence-electron chi connectivity index (χ4n) is 2.33. The molecule has 0 heterocycles. The van der Waals surface area contributed by atoms with E-state index in [4.69, 9.17) is 0 Å². The van der Waals surface area contributed by atoms with Crippen LogP contribution in [0.5, 0.6) is 0 Å². The van der Waals surface area contributed by atoms with Crippen molar-refractivity contribution in [1.82, 2.24) is 0 Å². The Bertz CT molecular complexity index is 141. The van der Waals surface area contributed by atoms with Crippen LogP contribution in [-0.4, -0.2) is 0 Å². The predicted molar refractivity (Wildman–Crippen MR) is 61.9 cm³/mol. The highest BCUT2D eigenvalue weighted by molar-refractivity contribution is 4.89. The zero-order chi connectivity index (χ0) is 10.7. The molecular formula is C13H28. The molecule has 0 aliphatic heterocycles. The molecule has 0 aromatic heterocycles. The monoisotopic (exact) mass is 184 g/mol. The molecule has 0 saturated heterocycles. The van der Waals surface area contributed by atoms with Crippen LogP contribution in [-0.2, 0) is 0 Å². The summed E-state index contributed by atoms with van der Waals surface area (Å²) in [5, 5.41) is 0. The molecule has 0 rings (SSSR count). The number of rotatable bonds is 4. The lowest BCUT2D eigenvalue weighted by molar-refractivity contribution is 0.0301. The summed E-state index contributed by atoms with van der Waals surface area (Å²) < 4.78 is 0. The summed E-state index contributed by atoms with van der Waals surface area (Å²) in [5.41, 5.74) is 0.926. The van der Waals surface area contributed by atoms with Crippen LogP contribution < -0.4 is 0 Å². The molecule has 0 N–H and O–H groups in total. The lowest BCUT2D eigenvalue weighted by Crippen LogP contribution is -2.38. The van der Waals surface area contributed by atoms with E-state index in [1.807, 2.05) is 0 Å². The molecule has 0 saturated carbocycles. The molecule has 80 valence electrons. The van der Waals surface area contributed by atoms with Crippen LogP contribution in [0.4, 0.5) is 0 Å². The van der Waals surface area contributed by atoms with Crippen molar-refractivity contribution < 1.29 is 0 Å². The molecule has 0 nitrogen and oxygen atoms in total. The lowest BCUT2D eigenvalue weighted by atomic mass is 9.59. The highest BCUT2D eigenvalue weighted by atomic mass is 14.4. The summed E-state index contributed by atoms with van der Waals surface area (Å²) in [6.45, 7) is 16.6. The Morgan fingerprint density at radius 1 is 1.00 bits per heavy atom. The van der Waals surface area contributed by atoms with E-state index in [0.717, 1.165) is 5.92 Å². The van der Waals surface area contributed by atoms with Crippen molar-refractivity contribution in [1.29, 1.82) is 0 Å². The Morgan fingerprint density at radius 2 is 1.46 bits per heavy atom. The first kappa shape index (κ1) is 13.0. The molecule has 13 heavy (non-hydrogen) atoms. The summed E-state index contributed by atoms with van der Waals surface area (Å²) in [4.78, 5) is 0. The summed E-state index contributed by atoms with van der Waals surface area (Å²) in [6.07, 6.45) is 3.96. The van der Waals surface area contributed by atoms with Crippen molar-refractivity contribution in [2.75, 3.05) is 0 Å². The van der Waals surface area contributed by atoms with Crippen LogP contribution in [0, 0.1) is 16.7 Å². The maximum Gasteiger partial charge on any atom is -0.0252 e. The Morgan fingerprint density at radius 3 is 1.69 bits per heavy atom. The molecule has 0 aromatic rings. The van der Waals surface area contributed by atoms with Crippen LogP contribution in [0.1, 0.15) is 67.7 Å². The maximum atomic E-state index is 2.46. The van der Waals surface area contributed by atoms with Crippen LogP contribution in [0.3, 0.4) is 0 Å². The zero-order valence-corrected chi connectivity index (χ0v) is 10.7. The van der Waals surface area contributed by atoms with Crippen molar-refractivity contribution in [3.8, 4) is 0 Å². The summed E-state index contributed by atoms with van der Waals surface area (Å²) in [5.74, 6) is 0.826. The fraction of sp³-hybridized carbons (Fsp3) is 1.00. The van der Waals surface area contributed by atoms with Crippen LogP contribution in [0.25, 0.3) is 0 Å². The van der Waals surface area contributed by atoms with E-state index >= 15 is 0 Å². The molecule has 0 aromatic carbocycles. The van der Waals surface area contributed by atoms with E-state index in [-0.39, 0.29) is 0 Å². The van der Waals surface area contributed by atoms with E-state index in [1.165, 1.54) is 19.3 Å². The van der Waals surface area contributed by atoms with Gasteiger partial charge in [-0.3, -0.25) is 0 Å². The van der Waals surface area contributed by atoms with E-state index in [2.05, 4.69) is 48.5 Å². The molecular weight excluding hydrogens is 156 g/mol. The summed E-state index contributed by atoms with van der Waals surface area (Å²) >= 11 is 0. The van der Waals surface area contributed by atoms with Crippen LogP contribution in [0.15, 0.2) is 0 Å². The van der Waals surface area contributed by atoms with Crippen molar-refractivity contribution in [2.45, 2.75) is 67.7 Å². The summed E-state index contributed by atoms with van der Waals surface area (Å²) in [7, 11) is 0. The van der Waals surface area contributed by atoms with Crippen molar-refractivity contribution in [2.24, 2.45) is 16.7 Å². The minimum atomic E-state index is 0.429. The van der Waals surface area contributed by atoms with Crippen molar-refractivity contribution >= 4 is 0 Å². The van der Waals surface area contributed by atoms with Gasteiger partial charge in [-0.1, -0.05) is 61.3 Å². The molecule has 0 bridgehead atoms. The minimum absolute atomic E-state index is 0.429. The van der Waals surface area contributed by atoms with Gasteiger partial charge in [0, 0.05) is 0 Å². The van der Waals surface area contributed by atoms with E-state index < -0.39 is 0 Å². The van der Waals surface area contributed by atoms with Gasteiger partial charge in [0.05, 0.1) is 0 Å². The average molecular weight is 184 g/mol. The Balaban J connectivity index is 4.72. The van der Waals surface area contributed by atoms with Gasteiger partial charge < -0.3 is 0 Å². The van der Waals surface area contributed by atoms with Gasteiger partial charge in [-0.25, -0.2) is 0 Å². The molecule has 0 fully saturated rings. The quantitative estimate of drug-likeness (QED) is 0.584. The third kappa shape index (κ3) is 2.72. The topological polar surface area (TPSA) is 0 Å². The Hall–Kier alpha value is 0. The average Bonchev–Trinajstić information content (AvgIpc) is 2.01. The van der Waals surface area contributed by atoms with Gasteiger partial charge >= 0.3 is 0 Å². The van der Waals surface area contributed by atoms with Gasteiger partial charge in [-0.05, 0) is 23.2 Å². The van der Waals surface area contributed by atoms with Gasteiger partial charge in [0.15, 0.2) is 0 Å². The molecule has 2 atom stereocenters. The maximum absolute atomic E-state index is 2.46. The molecule has 0 amide bonds. The first-order valence-corrected chi connectivity index (χ1v) is 5.79. The van der Waals surface area contributed by atoms with E-state index in [1.54, 1.807) is 0 Å². The SMILES string of the molecule is CCCC(C)(C(C)CC)C(C)(C)C. The van der Waals surface area contributed by atoms with Crippen LogP contribution in [0.2, 0.25) is 0 Å². The fourth-order valence-corrected chi connectivity index (χ4v) is 2.33. The van der Waals surface area contributed by atoms with E-state index in [0.29, 0.717) is 10.8 Å². The third-order valence-electron chi connectivity index (χ3n) is 4.18. The smallest absolute Gasteiger partial charge is 0.0252 e. The molecule has 0 aliphatic rings. The molecule has 0 radical (unpaired) electrons. The molecule has 0 aliphatic carbocycles. The van der Waals surface area contributed by atoms with Crippen molar-refractivity contribution in [3.05, 3.63) is 0 Å². The highest BCUT2D eigenvalue weighted by Crippen LogP contribution is 2.48. The predicted octanol–water partition coefficient (Wildman–Crippen LogP) is 4.89. The first-order chi connectivity index (χ1) is 5.79. The van der Waals surface area contributed by atoms with Gasteiger partial charge in [0.1, 0.15) is 0 Å². The molecule has 2 unspecified atom stereocenters.